The van der Waals surface area contributed by atoms with Crippen LogP contribution in [0.1, 0.15) is 10.6 Å². The Morgan fingerprint density at radius 1 is 1.38 bits per heavy atom. The molecule has 16 heavy (non-hydrogen) atoms. The zero-order valence-electron chi connectivity index (χ0n) is 8.55. The van der Waals surface area contributed by atoms with Crippen molar-refractivity contribution < 1.29 is 0 Å². The fraction of sp³-hybridized carbons (Fsp3) is 0.182. The molecule has 5 heteroatoms. The van der Waals surface area contributed by atoms with Crippen LogP contribution in [0.25, 0.3) is 0 Å². The maximum atomic E-state index is 8.81. The molecule has 4 nitrogen and oxygen atoms in total. The average molecular weight is 230 g/mol. The molecule has 2 rings (SSSR count). The monoisotopic (exact) mass is 230 g/mol. The Morgan fingerprint density at radius 2 is 2.25 bits per heavy atom. The molecule has 2 heterocycles. The lowest BCUT2D eigenvalue weighted by Gasteiger charge is -2.04. The topological polar surface area (TPSA) is 61.6 Å². The summed E-state index contributed by atoms with van der Waals surface area (Å²) in [5, 5.41) is 14.0. The summed E-state index contributed by atoms with van der Waals surface area (Å²) in [6.45, 7) is 0.758. The van der Waals surface area contributed by atoms with E-state index in [-0.39, 0.29) is 0 Å². The molecule has 0 saturated carbocycles. The maximum Gasteiger partial charge on any atom is 0.182 e. The van der Waals surface area contributed by atoms with E-state index in [9.17, 15) is 0 Å². The molecule has 0 unspecified atom stereocenters. The molecular formula is C11H10N4S. The van der Waals surface area contributed by atoms with Crippen molar-refractivity contribution in [2.45, 2.75) is 6.42 Å². The van der Waals surface area contributed by atoms with Crippen LogP contribution in [0.4, 0.5) is 5.82 Å². The van der Waals surface area contributed by atoms with Gasteiger partial charge in [-0.15, -0.1) is 11.3 Å². The Hall–Kier alpha value is -1.93. The number of hydrogen-bond acceptors (Lipinski definition) is 5. The molecule has 0 atom stereocenters. The molecule has 0 aliphatic carbocycles. The highest BCUT2D eigenvalue weighted by molar-refractivity contribution is 7.09. The lowest BCUT2D eigenvalue weighted by molar-refractivity contribution is 1.01. The minimum Gasteiger partial charge on any atom is -0.367 e. The van der Waals surface area contributed by atoms with E-state index in [1.807, 2.05) is 12.1 Å². The van der Waals surface area contributed by atoms with Crippen molar-refractivity contribution in [3.8, 4) is 6.07 Å². The Labute approximate surface area is 97.6 Å². The van der Waals surface area contributed by atoms with E-state index >= 15 is 0 Å². The van der Waals surface area contributed by atoms with Crippen LogP contribution in [-0.4, -0.2) is 16.5 Å². The van der Waals surface area contributed by atoms with E-state index in [0.717, 1.165) is 13.0 Å². The standard InChI is InChI=1S/C11H10N4S/c12-8-10-11(15-6-5-13-10)14-4-3-9-2-1-7-16-9/h1-2,5-7H,3-4H2,(H,14,15). The average Bonchev–Trinajstić information content (AvgIpc) is 2.83. The van der Waals surface area contributed by atoms with E-state index in [1.165, 1.54) is 11.1 Å². The molecule has 0 spiro atoms. The van der Waals surface area contributed by atoms with Gasteiger partial charge in [0, 0.05) is 23.8 Å². The van der Waals surface area contributed by atoms with Crippen LogP contribution < -0.4 is 5.32 Å². The molecule has 2 aromatic rings. The fourth-order valence-corrected chi connectivity index (χ4v) is 2.02. The highest BCUT2D eigenvalue weighted by atomic mass is 32.1. The predicted octanol–water partition coefficient (Wildman–Crippen LogP) is 2.06. The first-order valence-electron chi connectivity index (χ1n) is 4.87. The van der Waals surface area contributed by atoms with Gasteiger partial charge in [0.2, 0.25) is 0 Å². The first kappa shape index (κ1) is 10.6. The Balaban J connectivity index is 1.93. The van der Waals surface area contributed by atoms with Crippen LogP contribution >= 0.6 is 11.3 Å². The number of thiophene rings is 1. The fourth-order valence-electron chi connectivity index (χ4n) is 1.31. The second-order valence-electron chi connectivity index (χ2n) is 3.12. The Bertz CT molecular complexity index is 487. The molecular weight excluding hydrogens is 220 g/mol. The maximum absolute atomic E-state index is 8.81. The van der Waals surface area contributed by atoms with Gasteiger partial charge in [-0.05, 0) is 17.9 Å². The molecule has 0 amide bonds. The first-order chi connectivity index (χ1) is 7.90. The molecule has 0 radical (unpaired) electrons. The van der Waals surface area contributed by atoms with Gasteiger partial charge < -0.3 is 5.32 Å². The number of nitrogens with one attached hydrogen (secondary N) is 1. The largest absolute Gasteiger partial charge is 0.367 e. The zero-order valence-corrected chi connectivity index (χ0v) is 9.37. The predicted molar refractivity (Wildman–Crippen MR) is 63.3 cm³/mol. The third-order valence-corrected chi connectivity index (χ3v) is 2.98. The third kappa shape index (κ3) is 2.55. The number of hydrogen-bond donors (Lipinski definition) is 1. The lowest BCUT2D eigenvalue weighted by Crippen LogP contribution is -2.07. The highest BCUT2D eigenvalue weighted by Gasteiger charge is 2.02. The molecule has 0 aromatic carbocycles. The Morgan fingerprint density at radius 3 is 3.00 bits per heavy atom. The molecule has 0 saturated heterocycles. The summed E-state index contributed by atoms with van der Waals surface area (Å²) in [6, 6.07) is 6.13. The van der Waals surface area contributed by atoms with E-state index in [1.54, 1.807) is 17.5 Å². The van der Waals surface area contributed by atoms with Gasteiger partial charge in [-0.3, -0.25) is 0 Å². The summed E-state index contributed by atoms with van der Waals surface area (Å²) in [4.78, 5) is 9.32. The Kier molecular flexibility index (Phi) is 3.46. The minimum absolute atomic E-state index is 0.341. The van der Waals surface area contributed by atoms with Gasteiger partial charge in [0.05, 0.1) is 0 Å². The van der Waals surface area contributed by atoms with Crippen molar-refractivity contribution in [1.82, 2.24) is 9.97 Å². The number of nitrogens with zero attached hydrogens (tertiary/aromatic N) is 3. The van der Waals surface area contributed by atoms with Crippen LogP contribution in [-0.2, 0) is 6.42 Å². The molecule has 0 fully saturated rings. The lowest BCUT2D eigenvalue weighted by atomic mass is 10.3. The highest BCUT2D eigenvalue weighted by Crippen LogP contribution is 2.10. The SMILES string of the molecule is N#Cc1nccnc1NCCc1cccs1. The van der Waals surface area contributed by atoms with E-state index < -0.39 is 0 Å². The van der Waals surface area contributed by atoms with Gasteiger partial charge in [-0.25, -0.2) is 9.97 Å². The number of nitriles is 1. The van der Waals surface area contributed by atoms with Crippen LogP contribution in [0.3, 0.4) is 0 Å². The van der Waals surface area contributed by atoms with Crippen molar-refractivity contribution in [2.75, 3.05) is 11.9 Å². The summed E-state index contributed by atoms with van der Waals surface area (Å²) in [5.74, 6) is 0.557. The van der Waals surface area contributed by atoms with E-state index in [4.69, 9.17) is 5.26 Å². The van der Waals surface area contributed by atoms with E-state index in [2.05, 4.69) is 26.7 Å². The number of anilines is 1. The molecule has 0 aliphatic rings. The van der Waals surface area contributed by atoms with Crippen LogP contribution in [0.5, 0.6) is 0 Å². The van der Waals surface area contributed by atoms with Gasteiger partial charge in [0.1, 0.15) is 6.07 Å². The van der Waals surface area contributed by atoms with Gasteiger partial charge in [-0.2, -0.15) is 5.26 Å². The smallest absolute Gasteiger partial charge is 0.182 e. The van der Waals surface area contributed by atoms with Crippen molar-refractivity contribution >= 4 is 17.2 Å². The van der Waals surface area contributed by atoms with Crippen molar-refractivity contribution in [3.63, 3.8) is 0 Å². The summed E-state index contributed by atoms with van der Waals surface area (Å²) >= 11 is 1.73. The molecule has 80 valence electrons. The molecule has 1 N–H and O–H groups in total. The minimum atomic E-state index is 0.341. The van der Waals surface area contributed by atoms with Crippen molar-refractivity contribution in [1.29, 1.82) is 5.26 Å². The quantitative estimate of drug-likeness (QED) is 0.873. The second kappa shape index (κ2) is 5.24. The van der Waals surface area contributed by atoms with Crippen LogP contribution in [0, 0.1) is 11.3 Å². The number of rotatable bonds is 4. The summed E-state index contributed by atoms with van der Waals surface area (Å²) in [6.07, 6.45) is 4.02. The summed E-state index contributed by atoms with van der Waals surface area (Å²) in [7, 11) is 0. The zero-order chi connectivity index (χ0) is 11.2. The van der Waals surface area contributed by atoms with Gasteiger partial charge >= 0.3 is 0 Å². The summed E-state index contributed by atoms with van der Waals surface area (Å²) < 4.78 is 0. The van der Waals surface area contributed by atoms with E-state index in [0.29, 0.717) is 11.5 Å². The molecule has 2 aromatic heterocycles. The molecule has 0 aliphatic heterocycles. The normalized spacial score (nSPS) is 9.69. The van der Waals surface area contributed by atoms with Gasteiger partial charge in [0.25, 0.3) is 0 Å². The van der Waals surface area contributed by atoms with Gasteiger partial charge in [-0.1, -0.05) is 6.07 Å². The second-order valence-corrected chi connectivity index (χ2v) is 4.15. The third-order valence-electron chi connectivity index (χ3n) is 2.05. The number of aromatic nitrogens is 2. The van der Waals surface area contributed by atoms with Gasteiger partial charge in [0.15, 0.2) is 11.5 Å². The van der Waals surface area contributed by atoms with Crippen molar-refractivity contribution in [2.24, 2.45) is 0 Å². The van der Waals surface area contributed by atoms with Crippen LogP contribution in [0.2, 0.25) is 0 Å². The van der Waals surface area contributed by atoms with Crippen LogP contribution in [0.15, 0.2) is 29.9 Å². The molecule has 0 bridgehead atoms. The van der Waals surface area contributed by atoms with Crippen molar-refractivity contribution in [3.05, 3.63) is 40.5 Å². The summed E-state index contributed by atoms with van der Waals surface area (Å²) in [5.41, 5.74) is 0.341. The first-order valence-corrected chi connectivity index (χ1v) is 5.75.